The van der Waals surface area contributed by atoms with E-state index in [9.17, 15) is 9.59 Å². The summed E-state index contributed by atoms with van der Waals surface area (Å²) in [6.45, 7) is 1.51. The van der Waals surface area contributed by atoms with Gasteiger partial charge in [-0.15, -0.1) is 21.5 Å². The zero-order chi connectivity index (χ0) is 16.9. The van der Waals surface area contributed by atoms with E-state index >= 15 is 0 Å². The van der Waals surface area contributed by atoms with Gasteiger partial charge in [0.25, 0.3) is 0 Å². The molecule has 0 aliphatic heterocycles. The lowest BCUT2D eigenvalue weighted by molar-refractivity contribution is -0.113. The molecule has 122 valence electrons. The van der Waals surface area contributed by atoms with E-state index in [0.717, 1.165) is 14.2 Å². The molecule has 0 aliphatic carbocycles. The summed E-state index contributed by atoms with van der Waals surface area (Å²) in [5.41, 5.74) is 1.29. The maximum atomic E-state index is 12.0. The van der Waals surface area contributed by atoms with Gasteiger partial charge in [0.1, 0.15) is 0 Å². The number of benzene rings is 1. The van der Waals surface area contributed by atoms with Crippen molar-refractivity contribution in [2.24, 2.45) is 0 Å². The summed E-state index contributed by atoms with van der Waals surface area (Å²) in [4.78, 5) is 24.3. The molecule has 8 heteroatoms. The van der Waals surface area contributed by atoms with Gasteiger partial charge in [-0.1, -0.05) is 29.2 Å². The Bertz CT molecular complexity index is 842. The summed E-state index contributed by atoms with van der Waals surface area (Å²) in [7, 11) is 0. The van der Waals surface area contributed by atoms with Gasteiger partial charge >= 0.3 is 0 Å². The summed E-state index contributed by atoms with van der Waals surface area (Å²) in [6, 6.07) is 10.8. The molecule has 1 amide bonds. The quantitative estimate of drug-likeness (QED) is 0.516. The second-order valence-corrected chi connectivity index (χ2v) is 7.97. The van der Waals surface area contributed by atoms with Crippen LogP contribution >= 0.6 is 34.4 Å². The Kier molecular flexibility index (Phi) is 5.39. The van der Waals surface area contributed by atoms with E-state index < -0.39 is 0 Å². The van der Waals surface area contributed by atoms with Crippen molar-refractivity contribution >= 4 is 51.8 Å². The predicted molar refractivity (Wildman–Crippen MR) is 99.0 cm³/mol. The summed E-state index contributed by atoms with van der Waals surface area (Å²) in [5.74, 6) is 0.137. The molecule has 3 rings (SSSR count). The Morgan fingerprint density at radius 1 is 1.17 bits per heavy atom. The third-order valence-corrected chi connectivity index (χ3v) is 6.14. The van der Waals surface area contributed by atoms with E-state index in [1.54, 1.807) is 35.6 Å². The van der Waals surface area contributed by atoms with Gasteiger partial charge in [0.05, 0.1) is 10.6 Å². The highest BCUT2D eigenvalue weighted by atomic mass is 32.2. The number of carbonyl (C=O) groups is 2. The third-order valence-electron chi connectivity index (χ3n) is 3.04. The van der Waals surface area contributed by atoms with Crippen LogP contribution in [0, 0.1) is 0 Å². The van der Waals surface area contributed by atoms with Crippen LogP contribution in [-0.4, -0.2) is 27.6 Å². The number of carbonyl (C=O) groups excluding carboxylic acids is 2. The monoisotopic (exact) mass is 375 g/mol. The van der Waals surface area contributed by atoms with Crippen molar-refractivity contribution in [1.29, 1.82) is 0 Å². The molecule has 3 aromatic rings. The molecule has 0 aliphatic rings. The van der Waals surface area contributed by atoms with Crippen LogP contribution in [0.5, 0.6) is 0 Å². The largest absolute Gasteiger partial charge is 0.325 e. The second kappa shape index (κ2) is 7.69. The van der Waals surface area contributed by atoms with Crippen molar-refractivity contribution in [3.63, 3.8) is 0 Å². The van der Waals surface area contributed by atoms with Gasteiger partial charge < -0.3 is 5.32 Å². The van der Waals surface area contributed by atoms with E-state index in [2.05, 4.69) is 15.5 Å². The maximum absolute atomic E-state index is 12.0. The molecular weight excluding hydrogens is 362 g/mol. The van der Waals surface area contributed by atoms with Crippen molar-refractivity contribution in [3.05, 3.63) is 47.3 Å². The topological polar surface area (TPSA) is 72.0 Å². The number of nitrogens with zero attached hydrogens (tertiary/aromatic N) is 2. The molecule has 0 spiro atoms. The van der Waals surface area contributed by atoms with Crippen molar-refractivity contribution in [1.82, 2.24) is 10.2 Å². The molecule has 2 aromatic heterocycles. The number of Topliss-reactive ketones (excluding diaryl/α,β-unsaturated/α-hetero) is 1. The molecule has 0 saturated carbocycles. The summed E-state index contributed by atoms with van der Waals surface area (Å²) >= 11 is 4.45. The SMILES string of the molecule is CC(=O)c1ccc(NC(=O)CSc2nnc(-c3cccs3)s2)cc1. The number of hydrogen-bond acceptors (Lipinski definition) is 7. The van der Waals surface area contributed by atoms with Crippen molar-refractivity contribution in [2.45, 2.75) is 11.3 Å². The molecule has 0 unspecified atom stereocenters. The number of aromatic nitrogens is 2. The summed E-state index contributed by atoms with van der Waals surface area (Å²) < 4.78 is 0.764. The highest BCUT2D eigenvalue weighted by Gasteiger charge is 2.10. The van der Waals surface area contributed by atoms with Crippen LogP contribution in [0.1, 0.15) is 17.3 Å². The first-order chi connectivity index (χ1) is 11.6. The van der Waals surface area contributed by atoms with Gasteiger partial charge in [0, 0.05) is 11.3 Å². The zero-order valence-electron chi connectivity index (χ0n) is 12.7. The Hall–Kier alpha value is -2.03. The van der Waals surface area contributed by atoms with Gasteiger partial charge in [-0.3, -0.25) is 9.59 Å². The number of hydrogen-bond donors (Lipinski definition) is 1. The molecule has 0 bridgehead atoms. The van der Waals surface area contributed by atoms with Gasteiger partial charge in [-0.25, -0.2) is 0 Å². The number of rotatable bonds is 6. The molecule has 0 fully saturated rings. The van der Waals surface area contributed by atoms with E-state index in [1.165, 1.54) is 30.0 Å². The van der Waals surface area contributed by atoms with Crippen LogP contribution in [0.3, 0.4) is 0 Å². The number of amides is 1. The minimum absolute atomic E-state index is 0.00115. The third kappa shape index (κ3) is 4.28. The van der Waals surface area contributed by atoms with Crippen molar-refractivity contribution in [3.8, 4) is 9.88 Å². The Morgan fingerprint density at radius 2 is 1.96 bits per heavy atom. The first kappa shape index (κ1) is 16.8. The molecular formula is C16H13N3O2S3. The van der Waals surface area contributed by atoms with Gasteiger partial charge in [-0.05, 0) is 42.6 Å². The fourth-order valence-electron chi connectivity index (χ4n) is 1.88. The van der Waals surface area contributed by atoms with Crippen LogP contribution < -0.4 is 5.32 Å². The molecule has 24 heavy (non-hydrogen) atoms. The van der Waals surface area contributed by atoms with Crippen LogP contribution in [0.4, 0.5) is 5.69 Å². The second-order valence-electron chi connectivity index (χ2n) is 4.82. The van der Waals surface area contributed by atoms with Gasteiger partial charge in [0.15, 0.2) is 15.1 Å². The van der Waals surface area contributed by atoms with Gasteiger partial charge in [0.2, 0.25) is 5.91 Å². The Balaban J connectivity index is 1.53. The average Bonchev–Trinajstić information content (AvgIpc) is 3.25. The molecule has 0 radical (unpaired) electrons. The number of thioether (sulfide) groups is 1. The average molecular weight is 376 g/mol. The molecule has 2 heterocycles. The van der Waals surface area contributed by atoms with E-state index in [4.69, 9.17) is 0 Å². The van der Waals surface area contributed by atoms with E-state index in [0.29, 0.717) is 11.3 Å². The molecule has 5 nitrogen and oxygen atoms in total. The van der Waals surface area contributed by atoms with E-state index in [1.807, 2.05) is 17.5 Å². The fourth-order valence-corrected chi connectivity index (χ4v) is 4.32. The van der Waals surface area contributed by atoms with Crippen molar-refractivity contribution in [2.75, 3.05) is 11.1 Å². The minimum atomic E-state index is -0.122. The zero-order valence-corrected chi connectivity index (χ0v) is 15.1. The molecule has 0 saturated heterocycles. The van der Waals surface area contributed by atoms with Crippen molar-refractivity contribution < 1.29 is 9.59 Å². The smallest absolute Gasteiger partial charge is 0.234 e. The fraction of sp³-hybridized carbons (Fsp3) is 0.125. The number of ketones is 1. The van der Waals surface area contributed by atoms with Crippen LogP contribution in [0.15, 0.2) is 46.1 Å². The first-order valence-electron chi connectivity index (χ1n) is 7.03. The number of thiophene rings is 1. The highest BCUT2D eigenvalue weighted by Crippen LogP contribution is 2.31. The lowest BCUT2D eigenvalue weighted by Crippen LogP contribution is -2.14. The lowest BCUT2D eigenvalue weighted by atomic mass is 10.1. The lowest BCUT2D eigenvalue weighted by Gasteiger charge is -2.04. The minimum Gasteiger partial charge on any atom is -0.325 e. The Labute approximate surface area is 151 Å². The van der Waals surface area contributed by atoms with Gasteiger partial charge in [-0.2, -0.15) is 0 Å². The molecule has 1 aromatic carbocycles. The van der Waals surface area contributed by atoms with Crippen LogP contribution in [0.2, 0.25) is 0 Å². The van der Waals surface area contributed by atoms with E-state index in [-0.39, 0.29) is 17.4 Å². The van der Waals surface area contributed by atoms with Crippen LogP contribution in [0.25, 0.3) is 9.88 Å². The Morgan fingerprint density at radius 3 is 2.62 bits per heavy atom. The molecule has 0 atom stereocenters. The highest BCUT2D eigenvalue weighted by molar-refractivity contribution is 8.01. The normalized spacial score (nSPS) is 10.5. The maximum Gasteiger partial charge on any atom is 0.234 e. The predicted octanol–water partition coefficient (Wildman–Crippen LogP) is 4.20. The molecule has 1 N–H and O–H groups in total. The standard InChI is InChI=1S/C16H13N3O2S3/c1-10(20)11-4-6-12(7-5-11)17-14(21)9-23-16-19-18-15(24-16)13-3-2-8-22-13/h2-8H,9H2,1H3,(H,17,21). The summed E-state index contributed by atoms with van der Waals surface area (Å²) in [5, 5.41) is 13.9. The number of nitrogens with one attached hydrogen (secondary N) is 1. The first-order valence-corrected chi connectivity index (χ1v) is 9.71. The van der Waals surface area contributed by atoms with Crippen LogP contribution in [-0.2, 0) is 4.79 Å². The number of anilines is 1. The summed E-state index contributed by atoms with van der Waals surface area (Å²) in [6.07, 6.45) is 0.